The number of nitrogens with zero attached hydrogens (tertiary/aromatic N) is 1. The van der Waals surface area contributed by atoms with Crippen LogP contribution in [0.1, 0.15) is 17.0 Å². The minimum Gasteiger partial charge on any atom is -0.497 e. The molecule has 26 heavy (non-hydrogen) atoms. The summed E-state index contributed by atoms with van der Waals surface area (Å²) >= 11 is 0. The van der Waals surface area contributed by atoms with Crippen LogP contribution in [0, 0.1) is 11.3 Å². The van der Waals surface area contributed by atoms with Crippen molar-refractivity contribution in [2.75, 3.05) is 19.0 Å². The quantitative estimate of drug-likeness (QED) is 0.784. The molecule has 0 saturated carbocycles. The molecule has 0 aliphatic carbocycles. The van der Waals surface area contributed by atoms with Crippen LogP contribution in [0.15, 0.2) is 48.5 Å². The summed E-state index contributed by atoms with van der Waals surface area (Å²) in [6.07, 6.45) is 0. The van der Waals surface area contributed by atoms with E-state index in [1.54, 1.807) is 31.4 Å². The van der Waals surface area contributed by atoms with Gasteiger partial charge in [-0.1, -0.05) is 12.1 Å². The number of carbonyl (C=O) groups excluding carboxylic acids is 2. The average molecular weight is 350 g/mol. The smallest absolute Gasteiger partial charge is 0.319 e. The highest BCUT2D eigenvalue weighted by Crippen LogP contribution is 2.25. The number of nitrogens with one attached hydrogen (secondary N) is 3. The molecule has 1 fully saturated rings. The Bertz CT molecular complexity index is 841. The zero-order chi connectivity index (χ0) is 18.5. The Hall–Kier alpha value is -3.53. The van der Waals surface area contributed by atoms with Gasteiger partial charge in [-0.3, -0.25) is 4.79 Å². The van der Waals surface area contributed by atoms with Crippen molar-refractivity contribution in [3.63, 3.8) is 0 Å². The van der Waals surface area contributed by atoms with Crippen LogP contribution < -0.4 is 20.7 Å². The summed E-state index contributed by atoms with van der Waals surface area (Å²) in [4.78, 5) is 24.4. The van der Waals surface area contributed by atoms with Crippen molar-refractivity contribution in [2.24, 2.45) is 0 Å². The van der Waals surface area contributed by atoms with Crippen molar-refractivity contribution in [2.45, 2.75) is 12.0 Å². The lowest BCUT2D eigenvalue weighted by atomic mass is 9.94. The van der Waals surface area contributed by atoms with E-state index in [4.69, 9.17) is 10.00 Å². The highest BCUT2D eigenvalue weighted by molar-refractivity contribution is 5.95. The third kappa shape index (κ3) is 3.75. The van der Waals surface area contributed by atoms with Crippen LogP contribution in [0.2, 0.25) is 0 Å². The Labute approximate surface area is 151 Å². The minimum atomic E-state index is -0.665. The first-order valence-electron chi connectivity index (χ1n) is 8.10. The van der Waals surface area contributed by atoms with Gasteiger partial charge in [0.25, 0.3) is 0 Å². The summed E-state index contributed by atoms with van der Waals surface area (Å²) in [6, 6.07) is 14.8. The van der Waals surface area contributed by atoms with Gasteiger partial charge in [0.15, 0.2) is 0 Å². The van der Waals surface area contributed by atoms with Crippen molar-refractivity contribution in [1.29, 1.82) is 5.26 Å². The first-order chi connectivity index (χ1) is 12.6. The normalized spacial score (nSPS) is 18.5. The van der Waals surface area contributed by atoms with Crippen LogP contribution in [-0.2, 0) is 4.79 Å². The van der Waals surface area contributed by atoms with Crippen molar-refractivity contribution in [3.05, 3.63) is 59.7 Å². The molecule has 7 heteroatoms. The van der Waals surface area contributed by atoms with Gasteiger partial charge in [0.2, 0.25) is 5.91 Å². The number of hydrogen-bond donors (Lipinski definition) is 3. The predicted octanol–water partition coefficient (Wildman–Crippen LogP) is 1.97. The van der Waals surface area contributed by atoms with E-state index >= 15 is 0 Å². The second kappa shape index (κ2) is 7.57. The Balaban J connectivity index is 1.68. The van der Waals surface area contributed by atoms with Gasteiger partial charge in [-0.25, -0.2) is 4.79 Å². The SMILES string of the molecule is COc1ccc(C2CNC(=O)C2NC(=O)Nc2ccc(C#N)cc2)cc1. The van der Waals surface area contributed by atoms with Crippen LogP contribution in [0.25, 0.3) is 0 Å². The maximum absolute atomic E-state index is 12.3. The molecule has 1 heterocycles. The van der Waals surface area contributed by atoms with Gasteiger partial charge in [-0.15, -0.1) is 0 Å². The van der Waals surface area contributed by atoms with Crippen LogP contribution in [0.3, 0.4) is 0 Å². The number of rotatable bonds is 4. The molecule has 0 aromatic heterocycles. The lowest BCUT2D eigenvalue weighted by Gasteiger charge is -2.19. The maximum atomic E-state index is 12.3. The van der Waals surface area contributed by atoms with Crippen molar-refractivity contribution in [3.8, 4) is 11.8 Å². The highest BCUT2D eigenvalue weighted by atomic mass is 16.5. The Kier molecular flexibility index (Phi) is 5.04. The van der Waals surface area contributed by atoms with Crippen LogP contribution in [0.5, 0.6) is 5.75 Å². The fraction of sp³-hybridized carbons (Fsp3) is 0.211. The summed E-state index contributed by atoms with van der Waals surface area (Å²) in [5.41, 5.74) is 1.99. The van der Waals surface area contributed by atoms with E-state index in [0.717, 1.165) is 11.3 Å². The predicted molar refractivity (Wildman–Crippen MR) is 95.8 cm³/mol. The number of methoxy groups -OCH3 is 1. The Morgan fingerprint density at radius 2 is 1.88 bits per heavy atom. The van der Waals surface area contributed by atoms with Crippen LogP contribution in [0.4, 0.5) is 10.5 Å². The second-order valence-electron chi connectivity index (χ2n) is 5.89. The summed E-state index contributed by atoms with van der Waals surface area (Å²) < 4.78 is 5.14. The van der Waals surface area contributed by atoms with Gasteiger partial charge >= 0.3 is 6.03 Å². The molecule has 2 aromatic carbocycles. The van der Waals surface area contributed by atoms with Crippen LogP contribution >= 0.6 is 0 Å². The zero-order valence-corrected chi connectivity index (χ0v) is 14.2. The molecule has 1 aliphatic heterocycles. The number of urea groups is 1. The van der Waals surface area contributed by atoms with Crippen molar-refractivity contribution < 1.29 is 14.3 Å². The Morgan fingerprint density at radius 3 is 2.50 bits per heavy atom. The van der Waals surface area contributed by atoms with Gasteiger partial charge in [0, 0.05) is 18.2 Å². The highest BCUT2D eigenvalue weighted by Gasteiger charge is 2.36. The number of carbonyl (C=O) groups is 2. The number of amides is 3. The maximum Gasteiger partial charge on any atom is 0.319 e. The largest absolute Gasteiger partial charge is 0.497 e. The molecular weight excluding hydrogens is 332 g/mol. The average Bonchev–Trinajstić information content (AvgIpc) is 3.03. The molecule has 3 amide bonds. The molecule has 3 rings (SSSR count). The monoisotopic (exact) mass is 350 g/mol. The number of ether oxygens (including phenoxy) is 1. The zero-order valence-electron chi connectivity index (χ0n) is 14.2. The molecule has 7 nitrogen and oxygen atoms in total. The molecule has 132 valence electrons. The molecular formula is C19H18N4O3. The third-order valence-electron chi connectivity index (χ3n) is 4.28. The summed E-state index contributed by atoms with van der Waals surface area (Å²) in [6.45, 7) is 0.451. The number of nitriles is 1. The summed E-state index contributed by atoms with van der Waals surface area (Å²) in [5.74, 6) is 0.343. The molecule has 1 saturated heterocycles. The lowest BCUT2D eigenvalue weighted by molar-refractivity contribution is -0.120. The second-order valence-corrected chi connectivity index (χ2v) is 5.89. The van der Waals surface area contributed by atoms with Gasteiger partial charge in [0.05, 0.1) is 18.7 Å². The third-order valence-corrected chi connectivity index (χ3v) is 4.28. The van der Waals surface area contributed by atoms with E-state index in [2.05, 4.69) is 16.0 Å². The molecule has 0 spiro atoms. The van der Waals surface area contributed by atoms with Crippen molar-refractivity contribution in [1.82, 2.24) is 10.6 Å². The fourth-order valence-electron chi connectivity index (χ4n) is 2.89. The molecule has 1 aliphatic rings. The van der Waals surface area contributed by atoms with Crippen LogP contribution in [-0.4, -0.2) is 31.6 Å². The first kappa shape index (κ1) is 17.3. The van der Waals surface area contributed by atoms with Gasteiger partial charge < -0.3 is 20.7 Å². The van der Waals surface area contributed by atoms with E-state index in [9.17, 15) is 9.59 Å². The number of benzene rings is 2. The van der Waals surface area contributed by atoms with E-state index in [0.29, 0.717) is 17.8 Å². The van der Waals surface area contributed by atoms with E-state index in [-0.39, 0.29) is 11.8 Å². The molecule has 2 unspecified atom stereocenters. The fourth-order valence-corrected chi connectivity index (χ4v) is 2.89. The number of hydrogen-bond acceptors (Lipinski definition) is 4. The molecule has 2 aromatic rings. The molecule has 0 bridgehead atoms. The summed E-state index contributed by atoms with van der Waals surface area (Å²) in [7, 11) is 1.59. The standard InChI is InChI=1S/C19H18N4O3/c1-26-15-8-4-13(5-9-15)16-11-21-18(24)17(16)23-19(25)22-14-6-2-12(10-20)3-7-14/h2-9,16-17H,11H2,1H3,(H,21,24)(H2,22,23,25). The summed E-state index contributed by atoms with van der Waals surface area (Å²) in [5, 5.41) is 17.0. The Morgan fingerprint density at radius 1 is 1.19 bits per heavy atom. The molecule has 3 N–H and O–H groups in total. The molecule has 0 radical (unpaired) electrons. The topological polar surface area (TPSA) is 103 Å². The number of anilines is 1. The van der Waals surface area contributed by atoms with E-state index in [1.807, 2.05) is 30.3 Å². The van der Waals surface area contributed by atoms with E-state index < -0.39 is 12.1 Å². The van der Waals surface area contributed by atoms with Crippen molar-refractivity contribution >= 4 is 17.6 Å². The first-order valence-corrected chi connectivity index (χ1v) is 8.10. The van der Waals surface area contributed by atoms with Gasteiger partial charge in [0.1, 0.15) is 11.8 Å². The lowest BCUT2D eigenvalue weighted by Crippen LogP contribution is -2.44. The van der Waals surface area contributed by atoms with E-state index in [1.165, 1.54) is 0 Å². The molecule has 2 atom stereocenters. The van der Waals surface area contributed by atoms with Gasteiger partial charge in [-0.05, 0) is 42.0 Å². The minimum absolute atomic E-state index is 0.167. The van der Waals surface area contributed by atoms with Gasteiger partial charge in [-0.2, -0.15) is 5.26 Å².